The van der Waals surface area contributed by atoms with Gasteiger partial charge in [-0.25, -0.2) is 0 Å². The molecular weight excluding hydrogens is 430 g/mol. The first-order chi connectivity index (χ1) is 13.0. The highest BCUT2D eigenvalue weighted by atomic mass is 79.9. The minimum atomic E-state index is -0.513. The van der Waals surface area contributed by atoms with Crippen LogP contribution in [0.4, 0.5) is 0 Å². The van der Waals surface area contributed by atoms with Crippen molar-refractivity contribution in [1.82, 2.24) is 15.7 Å². The van der Waals surface area contributed by atoms with Gasteiger partial charge >= 0.3 is 0 Å². The van der Waals surface area contributed by atoms with Gasteiger partial charge in [0.25, 0.3) is 11.8 Å². The number of rotatable bonds is 6. The zero-order chi connectivity index (χ0) is 19.3. The summed E-state index contributed by atoms with van der Waals surface area (Å²) < 4.78 is 0.950. The van der Waals surface area contributed by atoms with Gasteiger partial charge in [-0.1, -0.05) is 22.9 Å². The molecule has 1 fully saturated rings. The van der Waals surface area contributed by atoms with Crippen LogP contribution in [0.15, 0.2) is 40.5 Å². The molecule has 3 rings (SSSR count). The summed E-state index contributed by atoms with van der Waals surface area (Å²) in [7, 11) is 0. The van der Waals surface area contributed by atoms with Gasteiger partial charge in [-0.3, -0.25) is 19.9 Å². The van der Waals surface area contributed by atoms with E-state index in [-0.39, 0.29) is 11.8 Å². The number of nitrogens with one attached hydrogen (secondary N) is 2. The van der Waals surface area contributed by atoms with Crippen LogP contribution in [0.25, 0.3) is 0 Å². The second-order valence-electron chi connectivity index (χ2n) is 6.58. The Labute approximate surface area is 172 Å². The van der Waals surface area contributed by atoms with Crippen LogP contribution in [0, 0.1) is 0 Å². The Kier molecular flexibility index (Phi) is 6.83. The lowest BCUT2D eigenvalue weighted by atomic mass is 9.90. The predicted octanol–water partition coefficient (Wildman–Crippen LogP) is 2.71. The van der Waals surface area contributed by atoms with Gasteiger partial charge in [-0.05, 0) is 36.1 Å². The summed E-state index contributed by atoms with van der Waals surface area (Å²) in [5.41, 5.74) is 3.40. The Balaban J connectivity index is 1.53. The third-order valence-corrected chi connectivity index (χ3v) is 6.17. The first kappa shape index (κ1) is 20.2. The average molecular weight is 454 g/mol. The molecule has 2 heterocycles. The zero-order valence-electron chi connectivity index (χ0n) is 15.3. The van der Waals surface area contributed by atoms with Gasteiger partial charge in [0.1, 0.15) is 11.3 Å². The minimum Gasteiger partial charge on any atom is -0.350 e. The SMILES string of the molecule is CCSCCNC(=O)C1=CC2(CCN(C(=O)c3ccc(Br)cc3)CC2)ON1. The van der Waals surface area contributed by atoms with Crippen molar-refractivity contribution in [2.45, 2.75) is 25.4 Å². The van der Waals surface area contributed by atoms with Crippen LogP contribution in [0.1, 0.15) is 30.1 Å². The maximum Gasteiger partial charge on any atom is 0.269 e. The van der Waals surface area contributed by atoms with E-state index in [0.717, 1.165) is 16.0 Å². The molecule has 0 aliphatic carbocycles. The van der Waals surface area contributed by atoms with E-state index in [1.165, 1.54) is 0 Å². The minimum absolute atomic E-state index is 0.0266. The third kappa shape index (κ3) is 5.06. The Morgan fingerprint density at radius 3 is 2.67 bits per heavy atom. The lowest BCUT2D eigenvalue weighted by Gasteiger charge is -2.36. The highest BCUT2D eigenvalue weighted by molar-refractivity contribution is 9.10. The van der Waals surface area contributed by atoms with Crippen LogP contribution in [-0.4, -0.2) is 53.5 Å². The number of thioether (sulfide) groups is 1. The number of likely N-dealkylation sites (tertiary alicyclic amines) is 1. The number of carbonyl (C=O) groups excluding carboxylic acids is 2. The van der Waals surface area contributed by atoms with Crippen molar-refractivity contribution in [3.05, 3.63) is 46.1 Å². The maximum absolute atomic E-state index is 12.6. The van der Waals surface area contributed by atoms with Crippen molar-refractivity contribution in [3.8, 4) is 0 Å². The molecule has 1 aromatic carbocycles. The van der Waals surface area contributed by atoms with Gasteiger partial charge < -0.3 is 10.2 Å². The number of piperidine rings is 1. The fourth-order valence-corrected chi connectivity index (χ4v) is 3.98. The molecule has 2 amide bonds. The molecule has 2 N–H and O–H groups in total. The highest BCUT2D eigenvalue weighted by Crippen LogP contribution is 2.32. The molecule has 27 heavy (non-hydrogen) atoms. The predicted molar refractivity (Wildman–Crippen MR) is 110 cm³/mol. The Hall–Kier alpha value is -1.51. The number of halogens is 1. The van der Waals surface area contributed by atoms with Gasteiger partial charge in [0, 0.05) is 48.3 Å². The molecule has 0 aromatic heterocycles. The van der Waals surface area contributed by atoms with Crippen LogP contribution in [0.3, 0.4) is 0 Å². The van der Waals surface area contributed by atoms with E-state index in [4.69, 9.17) is 4.84 Å². The van der Waals surface area contributed by atoms with Crippen LogP contribution < -0.4 is 10.8 Å². The van der Waals surface area contributed by atoms with Crippen molar-refractivity contribution >= 4 is 39.5 Å². The Morgan fingerprint density at radius 2 is 2.00 bits per heavy atom. The van der Waals surface area contributed by atoms with E-state index < -0.39 is 5.60 Å². The van der Waals surface area contributed by atoms with Crippen LogP contribution in [0.5, 0.6) is 0 Å². The van der Waals surface area contributed by atoms with Gasteiger partial charge in [0.2, 0.25) is 0 Å². The fraction of sp³-hybridized carbons (Fsp3) is 0.474. The fourth-order valence-electron chi connectivity index (χ4n) is 3.18. The molecule has 6 nitrogen and oxygen atoms in total. The Bertz CT molecular complexity index is 715. The standard InChI is InChI=1S/C19H24BrN3O3S/c1-2-27-12-9-21-17(24)16-13-19(26-22-16)7-10-23(11-8-19)18(25)14-3-5-15(20)6-4-14/h3-6,13,22H,2,7-12H2,1H3,(H,21,24). The second-order valence-corrected chi connectivity index (χ2v) is 8.89. The van der Waals surface area contributed by atoms with E-state index in [1.807, 2.05) is 35.2 Å². The van der Waals surface area contributed by atoms with Gasteiger partial charge in [0.05, 0.1) is 0 Å². The topological polar surface area (TPSA) is 70.7 Å². The molecule has 0 bridgehead atoms. The highest BCUT2D eigenvalue weighted by Gasteiger charge is 2.41. The summed E-state index contributed by atoms with van der Waals surface area (Å²) in [5.74, 6) is 1.82. The van der Waals surface area contributed by atoms with Crippen LogP contribution >= 0.6 is 27.7 Å². The van der Waals surface area contributed by atoms with Crippen LogP contribution in [-0.2, 0) is 9.63 Å². The van der Waals surface area contributed by atoms with Gasteiger partial charge in [-0.2, -0.15) is 11.8 Å². The van der Waals surface area contributed by atoms with Gasteiger partial charge in [0.15, 0.2) is 0 Å². The van der Waals surface area contributed by atoms with Gasteiger partial charge in [-0.15, -0.1) is 0 Å². The summed E-state index contributed by atoms with van der Waals surface area (Å²) >= 11 is 5.17. The van der Waals surface area contributed by atoms with E-state index in [9.17, 15) is 9.59 Å². The molecule has 0 radical (unpaired) electrons. The summed E-state index contributed by atoms with van der Waals surface area (Å²) in [5, 5.41) is 2.90. The van der Waals surface area contributed by atoms with E-state index in [2.05, 4.69) is 33.7 Å². The number of amides is 2. The largest absolute Gasteiger partial charge is 0.350 e. The molecular formula is C19H24BrN3O3S. The molecule has 0 saturated carbocycles. The number of benzene rings is 1. The van der Waals surface area contributed by atoms with Crippen LogP contribution in [0.2, 0.25) is 0 Å². The number of carbonyl (C=O) groups is 2. The summed E-state index contributed by atoms with van der Waals surface area (Å²) in [4.78, 5) is 32.4. The quantitative estimate of drug-likeness (QED) is 0.647. The average Bonchev–Trinajstić information content (AvgIpc) is 3.09. The maximum atomic E-state index is 12.6. The van der Waals surface area contributed by atoms with Crippen molar-refractivity contribution in [2.24, 2.45) is 0 Å². The monoisotopic (exact) mass is 453 g/mol. The molecule has 1 spiro atoms. The normalized spacial score (nSPS) is 18.1. The van der Waals surface area contributed by atoms with Crippen molar-refractivity contribution in [3.63, 3.8) is 0 Å². The first-order valence-electron chi connectivity index (χ1n) is 9.11. The summed E-state index contributed by atoms with van der Waals surface area (Å²) in [6.45, 7) is 3.92. The summed E-state index contributed by atoms with van der Waals surface area (Å²) in [6.07, 6.45) is 3.19. The summed E-state index contributed by atoms with van der Waals surface area (Å²) in [6, 6.07) is 7.39. The molecule has 0 atom stereocenters. The molecule has 8 heteroatoms. The molecule has 2 aliphatic heterocycles. The molecule has 1 aromatic rings. The molecule has 1 saturated heterocycles. The van der Waals surface area contributed by atoms with Crippen molar-refractivity contribution in [2.75, 3.05) is 31.1 Å². The number of hydrogen-bond acceptors (Lipinski definition) is 5. The third-order valence-electron chi connectivity index (χ3n) is 4.74. The molecule has 0 unspecified atom stereocenters. The first-order valence-corrected chi connectivity index (χ1v) is 11.1. The van der Waals surface area contributed by atoms with Crippen molar-refractivity contribution < 1.29 is 14.4 Å². The van der Waals surface area contributed by atoms with Crippen molar-refractivity contribution in [1.29, 1.82) is 0 Å². The number of nitrogens with zero attached hydrogens (tertiary/aromatic N) is 1. The smallest absolute Gasteiger partial charge is 0.269 e. The van der Waals surface area contributed by atoms with E-state index >= 15 is 0 Å². The van der Waals surface area contributed by atoms with E-state index in [0.29, 0.717) is 43.7 Å². The number of hydroxylamine groups is 1. The second kappa shape index (κ2) is 9.12. The Morgan fingerprint density at radius 1 is 1.30 bits per heavy atom. The number of hydrogen-bond donors (Lipinski definition) is 2. The lowest BCUT2D eigenvalue weighted by Crippen LogP contribution is -2.46. The van der Waals surface area contributed by atoms with E-state index in [1.54, 1.807) is 11.8 Å². The molecule has 2 aliphatic rings. The molecule has 146 valence electrons. The zero-order valence-corrected chi connectivity index (χ0v) is 17.7. The lowest BCUT2D eigenvalue weighted by molar-refractivity contribution is -0.120.